The summed E-state index contributed by atoms with van der Waals surface area (Å²) in [7, 11) is 1.28. The zero-order valence-corrected chi connectivity index (χ0v) is 15.8. The zero-order chi connectivity index (χ0) is 23.3. The van der Waals surface area contributed by atoms with Crippen molar-refractivity contribution in [3.05, 3.63) is 35.5 Å². The molecule has 0 amide bonds. The Bertz CT molecular complexity index is 928. The Labute approximate surface area is 171 Å². The second kappa shape index (κ2) is 9.68. The minimum absolute atomic E-state index is 0.0255. The van der Waals surface area contributed by atoms with Gasteiger partial charge in [-0.15, -0.1) is 0 Å². The monoisotopic (exact) mass is 453 g/mol. The number of carboxylic acids is 1. The van der Waals surface area contributed by atoms with E-state index in [1.807, 2.05) is 0 Å². The number of methoxy groups -OCH3 is 1. The van der Waals surface area contributed by atoms with Crippen molar-refractivity contribution in [3.63, 3.8) is 0 Å². The summed E-state index contributed by atoms with van der Waals surface area (Å²) in [6, 6.07) is 3.14. The first-order chi connectivity index (χ1) is 14.4. The van der Waals surface area contributed by atoms with E-state index in [2.05, 4.69) is 15.3 Å². The van der Waals surface area contributed by atoms with Crippen molar-refractivity contribution in [1.82, 2.24) is 9.97 Å². The van der Waals surface area contributed by atoms with E-state index in [-0.39, 0.29) is 17.9 Å². The maximum atomic E-state index is 13.3. The average Bonchev–Trinajstić information content (AvgIpc) is 2.68. The van der Waals surface area contributed by atoms with Gasteiger partial charge in [-0.25, -0.2) is 18.2 Å². The van der Waals surface area contributed by atoms with Crippen molar-refractivity contribution in [2.24, 2.45) is 5.73 Å². The van der Waals surface area contributed by atoms with Crippen molar-refractivity contribution < 1.29 is 41.0 Å². The summed E-state index contributed by atoms with van der Waals surface area (Å²) in [5.41, 5.74) is 4.58. The third-order valence-corrected chi connectivity index (χ3v) is 3.88. The molecule has 0 saturated heterocycles. The van der Waals surface area contributed by atoms with Crippen molar-refractivity contribution in [2.45, 2.75) is 31.4 Å². The third-order valence-electron chi connectivity index (χ3n) is 3.88. The summed E-state index contributed by atoms with van der Waals surface area (Å²) in [6.07, 6.45) is -11.4. The second-order valence-corrected chi connectivity index (χ2v) is 6.14. The summed E-state index contributed by atoms with van der Waals surface area (Å²) in [5.74, 6) is -2.72. The van der Waals surface area contributed by atoms with Crippen LogP contribution in [0.1, 0.15) is 11.1 Å². The fourth-order valence-electron chi connectivity index (χ4n) is 2.38. The number of anilines is 3. The summed E-state index contributed by atoms with van der Waals surface area (Å²) < 4.78 is 82.5. The molecule has 1 aromatic carbocycles. The zero-order valence-electron chi connectivity index (χ0n) is 15.8. The molecule has 170 valence electrons. The van der Waals surface area contributed by atoms with E-state index in [1.54, 1.807) is 0 Å². The van der Waals surface area contributed by atoms with Gasteiger partial charge in [-0.2, -0.15) is 18.2 Å². The number of hydrogen-bond acceptors (Lipinski definition) is 7. The number of ether oxygens (including phenoxy) is 1. The molecule has 2 aromatic rings. The minimum Gasteiger partial charge on any atom is -0.495 e. The van der Waals surface area contributed by atoms with Crippen LogP contribution < -0.4 is 21.1 Å². The number of aliphatic carboxylic acids is 1. The Morgan fingerprint density at radius 3 is 2.52 bits per heavy atom. The van der Waals surface area contributed by atoms with Crippen LogP contribution in [-0.4, -0.2) is 46.9 Å². The van der Waals surface area contributed by atoms with E-state index in [0.29, 0.717) is 11.8 Å². The first-order valence-corrected chi connectivity index (χ1v) is 8.47. The van der Waals surface area contributed by atoms with Crippen LogP contribution in [0, 0.1) is 0 Å². The van der Waals surface area contributed by atoms with Crippen LogP contribution in [0.25, 0.3) is 0 Å². The topological polar surface area (TPSA) is 122 Å². The molecule has 0 saturated carbocycles. The molecule has 2 unspecified atom stereocenters. The highest BCUT2D eigenvalue weighted by Crippen LogP contribution is 2.35. The number of aromatic nitrogens is 2. The Morgan fingerprint density at radius 2 is 1.97 bits per heavy atom. The van der Waals surface area contributed by atoms with Crippen LogP contribution in [0.3, 0.4) is 0 Å². The third kappa shape index (κ3) is 6.34. The van der Waals surface area contributed by atoms with Crippen LogP contribution >= 0.6 is 0 Å². The quantitative estimate of drug-likeness (QED) is 0.337. The molecule has 5 N–H and O–H groups in total. The van der Waals surface area contributed by atoms with Crippen LogP contribution in [-0.2, 0) is 17.4 Å². The summed E-state index contributed by atoms with van der Waals surface area (Å²) in [4.78, 5) is 17.8. The summed E-state index contributed by atoms with van der Waals surface area (Å²) >= 11 is 0. The Balaban J connectivity index is 2.34. The Kier molecular flexibility index (Phi) is 7.49. The Hall–Kier alpha value is -3.29. The number of nitrogens with zero attached hydrogens (tertiary/aromatic N) is 2. The lowest BCUT2D eigenvalue weighted by atomic mass is 10.1. The van der Waals surface area contributed by atoms with Gasteiger partial charge in [-0.1, -0.05) is 6.07 Å². The van der Waals surface area contributed by atoms with Gasteiger partial charge in [0.25, 0.3) is 6.43 Å². The summed E-state index contributed by atoms with van der Waals surface area (Å²) in [5, 5.41) is 12.8. The van der Waals surface area contributed by atoms with E-state index < -0.39 is 48.2 Å². The normalized spacial score (nSPS) is 13.6. The molecule has 0 aliphatic rings. The first-order valence-electron chi connectivity index (χ1n) is 8.47. The molecule has 0 bridgehead atoms. The van der Waals surface area contributed by atoms with E-state index in [1.165, 1.54) is 30.6 Å². The van der Waals surface area contributed by atoms with Crippen molar-refractivity contribution >= 4 is 23.4 Å². The molecule has 0 aliphatic carbocycles. The predicted molar refractivity (Wildman–Crippen MR) is 97.1 cm³/mol. The number of hydrogen-bond donors (Lipinski definition) is 4. The van der Waals surface area contributed by atoms with Crippen molar-refractivity contribution in [2.75, 3.05) is 17.7 Å². The van der Waals surface area contributed by atoms with Gasteiger partial charge in [0, 0.05) is 6.20 Å². The lowest BCUT2D eigenvalue weighted by Gasteiger charge is -2.17. The van der Waals surface area contributed by atoms with Gasteiger partial charge in [-0.05, 0) is 24.1 Å². The average molecular weight is 453 g/mol. The predicted octanol–water partition coefficient (Wildman–Crippen LogP) is 3.17. The number of nitrogens with two attached hydrogens (primary N) is 1. The number of alkyl halides is 6. The standard InChI is InChI=1S/C17H17F6N5O3/c1-31-11-5-7(4-9(24)15(29)30)2-3-10(11)26-16-25-6-8(17(21,22)23)14(28-16)27-13(20)12(18)19/h2-3,5-6,9,12-13H,4,24H2,1H3,(H,29,30)(H2,25,26,27,28). The molecule has 31 heavy (non-hydrogen) atoms. The van der Waals surface area contributed by atoms with Gasteiger partial charge in [0.15, 0.2) is 0 Å². The van der Waals surface area contributed by atoms with E-state index in [9.17, 15) is 31.1 Å². The van der Waals surface area contributed by atoms with Crippen molar-refractivity contribution in [1.29, 1.82) is 0 Å². The molecule has 0 fully saturated rings. The van der Waals surface area contributed by atoms with Gasteiger partial charge in [-0.3, -0.25) is 4.79 Å². The van der Waals surface area contributed by atoms with Crippen molar-refractivity contribution in [3.8, 4) is 5.75 Å². The number of halogens is 6. The van der Waals surface area contributed by atoms with E-state index in [0.717, 1.165) is 0 Å². The number of benzene rings is 1. The molecule has 8 nitrogen and oxygen atoms in total. The van der Waals surface area contributed by atoms with Gasteiger partial charge in [0.05, 0.1) is 12.8 Å². The molecule has 0 spiro atoms. The molecule has 2 rings (SSSR count). The molecular weight excluding hydrogens is 436 g/mol. The minimum atomic E-state index is -5.02. The van der Waals surface area contributed by atoms with Crippen LogP contribution in [0.4, 0.5) is 43.8 Å². The number of nitrogens with one attached hydrogen (secondary N) is 2. The second-order valence-electron chi connectivity index (χ2n) is 6.14. The maximum absolute atomic E-state index is 13.3. The largest absolute Gasteiger partial charge is 0.495 e. The van der Waals surface area contributed by atoms with Crippen LogP contribution in [0.15, 0.2) is 24.4 Å². The van der Waals surface area contributed by atoms with Crippen LogP contribution in [0.2, 0.25) is 0 Å². The molecule has 0 radical (unpaired) electrons. The highest BCUT2D eigenvalue weighted by atomic mass is 19.4. The fraction of sp³-hybridized carbons (Fsp3) is 0.353. The van der Waals surface area contributed by atoms with E-state index in [4.69, 9.17) is 15.6 Å². The molecule has 2 atom stereocenters. The van der Waals surface area contributed by atoms with E-state index >= 15 is 0 Å². The molecule has 1 heterocycles. The Morgan fingerprint density at radius 1 is 1.29 bits per heavy atom. The fourth-order valence-corrected chi connectivity index (χ4v) is 2.38. The maximum Gasteiger partial charge on any atom is 0.421 e. The lowest BCUT2D eigenvalue weighted by Crippen LogP contribution is -2.32. The highest BCUT2D eigenvalue weighted by Gasteiger charge is 2.36. The van der Waals surface area contributed by atoms with Gasteiger partial charge < -0.3 is 26.2 Å². The van der Waals surface area contributed by atoms with Crippen LogP contribution in [0.5, 0.6) is 5.75 Å². The SMILES string of the molecule is COc1cc(CC(N)C(=O)O)ccc1Nc1ncc(C(F)(F)F)c(NC(F)C(F)F)n1. The lowest BCUT2D eigenvalue weighted by molar-refractivity contribution is -0.139. The number of carboxylic acid groups (broad SMARTS) is 1. The van der Waals surface area contributed by atoms with Gasteiger partial charge in [0.1, 0.15) is 23.2 Å². The molecular formula is C17H17F6N5O3. The first kappa shape index (κ1) is 24.0. The van der Waals surface area contributed by atoms with Gasteiger partial charge >= 0.3 is 12.1 Å². The molecule has 1 aromatic heterocycles. The summed E-state index contributed by atoms with van der Waals surface area (Å²) in [6.45, 7) is 0. The van der Waals surface area contributed by atoms with Gasteiger partial charge in [0.2, 0.25) is 12.2 Å². The molecule has 0 aliphatic heterocycles. The smallest absolute Gasteiger partial charge is 0.421 e. The number of carbonyl (C=O) groups is 1. The highest BCUT2D eigenvalue weighted by molar-refractivity contribution is 5.74. The molecule has 14 heteroatoms. The number of rotatable bonds is 9.